The van der Waals surface area contributed by atoms with Gasteiger partial charge in [0.25, 0.3) is 5.91 Å². The molecule has 0 aliphatic carbocycles. The van der Waals surface area contributed by atoms with Gasteiger partial charge in [0, 0.05) is 19.1 Å². The lowest BCUT2D eigenvalue weighted by atomic mass is 10.1. The molecule has 5 heteroatoms. The van der Waals surface area contributed by atoms with Crippen molar-refractivity contribution in [2.24, 2.45) is 5.73 Å². The third-order valence-corrected chi connectivity index (χ3v) is 3.40. The first kappa shape index (κ1) is 13.3. The number of carbonyl (C=O) groups is 1. The van der Waals surface area contributed by atoms with Crippen LogP contribution in [0.1, 0.15) is 17.3 Å². The largest absolute Gasteiger partial charge is 0.373 e. The fourth-order valence-corrected chi connectivity index (χ4v) is 2.20. The molecule has 0 bridgehead atoms. The minimum atomic E-state index is -0.106. The molecule has 2 rings (SSSR count). The van der Waals surface area contributed by atoms with Gasteiger partial charge in [0.15, 0.2) is 0 Å². The minimum Gasteiger partial charge on any atom is -0.373 e. The van der Waals surface area contributed by atoms with Crippen LogP contribution < -0.4 is 5.73 Å². The lowest BCUT2D eigenvalue weighted by Crippen LogP contribution is -2.51. The summed E-state index contributed by atoms with van der Waals surface area (Å²) in [5.41, 5.74) is 6.34. The van der Waals surface area contributed by atoms with Crippen molar-refractivity contribution in [2.75, 3.05) is 19.7 Å². The third kappa shape index (κ3) is 2.83. The Morgan fingerprint density at radius 1 is 1.56 bits per heavy atom. The maximum atomic E-state index is 12.3. The van der Waals surface area contributed by atoms with Gasteiger partial charge < -0.3 is 15.4 Å². The Kier molecular flexibility index (Phi) is 4.22. The van der Waals surface area contributed by atoms with E-state index in [1.165, 1.54) is 0 Å². The van der Waals surface area contributed by atoms with E-state index in [-0.39, 0.29) is 18.1 Å². The predicted molar refractivity (Wildman–Crippen MR) is 70.7 cm³/mol. The van der Waals surface area contributed by atoms with E-state index in [0.717, 1.165) is 0 Å². The van der Waals surface area contributed by atoms with E-state index >= 15 is 0 Å². The molecule has 98 valence electrons. The number of rotatable bonds is 2. The number of ether oxygens (including phenoxy) is 1. The van der Waals surface area contributed by atoms with Crippen LogP contribution >= 0.6 is 11.6 Å². The Morgan fingerprint density at radius 3 is 2.94 bits per heavy atom. The third-order valence-electron chi connectivity index (χ3n) is 3.07. The van der Waals surface area contributed by atoms with Crippen molar-refractivity contribution < 1.29 is 9.53 Å². The molecule has 1 fully saturated rings. The van der Waals surface area contributed by atoms with Gasteiger partial charge in [0.2, 0.25) is 0 Å². The second kappa shape index (κ2) is 5.69. The second-order valence-corrected chi connectivity index (χ2v) is 4.91. The molecule has 2 atom stereocenters. The predicted octanol–water partition coefficient (Wildman–Crippen LogP) is 1.53. The maximum Gasteiger partial charge on any atom is 0.255 e. The molecule has 0 radical (unpaired) electrons. The fraction of sp³-hybridized carbons (Fsp3) is 0.462. The summed E-state index contributed by atoms with van der Waals surface area (Å²) in [5, 5.41) is 0.478. The molecule has 1 aromatic carbocycles. The Hall–Kier alpha value is -1.10. The number of nitrogens with zero attached hydrogens (tertiary/aromatic N) is 1. The first-order chi connectivity index (χ1) is 8.59. The van der Waals surface area contributed by atoms with E-state index in [1.807, 2.05) is 19.1 Å². The minimum absolute atomic E-state index is 0.0606. The number of hydrogen-bond acceptors (Lipinski definition) is 3. The molecule has 1 aliphatic rings. The molecule has 1 aliphatic heterocycles. The van der Waals surface area contributed by atoms with Crippen LogP contribution in [0, 0.1) is 0 Å². The van der Waals surface area contributed by atoms with Crippen LogP contribution in [0.5, 0.6) is 0 Å². The van der Waals surface area contributed by atoms with Crippen LogP contribution in [-0.4, -0.2) is 42.6 Å². The monoisotopic (exact) mass is 268 g/mol. The molecule has 0 aromatic heterocycles. The van der Waals surface area contributed by atoms with Crippen molar-refractivity contribution in [3.8, 4) is 0 Å². The van der Waals surface area contributed by atoms with Crippen LogP contribution in [0.25, 0.3) is 0 Å². The fourth-order valence-electron chi connectivity index (χ4n) is 1.98. The number of benzene rings is 1. The number of amides is 1. The first-order valence-corrected chi connectivity index (χ1v) is 6.38. The number of morpholine rings is 1. The van der Waals surface area contributed by atoms with E-state index < -0.39 is 0 Å². The normalized spacial score (nSPS) is 21.7. The molecule has 1 saturated heterocycles. The van der Waals surface area contributed by atoms with Gasteiger partial charge >= 0.3 is 0 Å². The van der Waals surface area contributed by atoms with Crippen LogP contribution in [0.2, 0.25) is 5.02 Å². The topological polar surface area (TPSA) is 55.6 Å². The van der Waals surface area contributed by atoms with E-state index in [2.05, 4.69) is 0 Å². The van der Waals surface area contributed by atoms with E-state index in [9.17, 15) is 4.79 Å². The molecule has 18 heavy (non-hydrogen) atoms. The van der Waals surface area contributed by atoms with Gasteiger partial charge in [-0.25, -0.2) is 0 Å². The Balaban J connectivity index is 2.12. The number of carbonyl (C=O) groups excluding carboxylic acids is 1. The Bertz CT molecular complexity index is 437. The summed E-state index contributed by atoms with van der Waals surface area (Å²) in [6.45, 7) is 3.49. The van der Waals surface area contributed by atoms with Gasteiger partial charge in [-0.1, -0.05) is 23.7 Å². The number of hydrogen-bond donors (Lipinski definition) is 1. The Labute approximate surface area is 112 Å². The lowest BCUT2D eigenvalue weighted by molar-refractivity contribution is -0.0300. The highest BCUT2D eigenvalue weighted by molar-refractivity contribution is 6.33. The molecule has 0 saturated carbocycles. The lowest BCUT2D eigenvalue weighted by Gasteiger charge is -2.34. The molecule has 1 heterocycles. The van der Waals surface area contributed by atoms with Gasteiger partial charge in [0.1, 0.15) is 0 Å². The Morgan fingerprint density at radius 2 is 2.28 bits per heavy atom. The summed E-state index contributed by atoms with van der Waals surface area (Å²) in [6.07, 6.45) is -0.106. The van der Waals surface area contributed by atoms with Crippen molar-refractivity contribution in [1.29, 1.82) is 0 Å². The highest BCUT2D eigenvalue weighted by Gasteiger charge is 2.27. The molecular weight excluding hydrogens is 252 g/mol. The summed E-state index contributed by atoms with van der Waals surface area (Å²) in [6, 6.07) is 6.98. The van der Waals surface area contributed by atoms with Crippen molar-refractivity contribution in [2.45, 2.75) is 19.1 Å². The maximum absolute atomic E-state index is 12.3. The molecule has 0 spiro atoms. The summed E-state index contributed by atoms with van der Waals surface area (Å²) < 4.78 is 5.53. The zero-order valence-electron chi connectivity index (χ0n) is 10.3. The van der Waals surface area contributed by atoms with Crippen molar-refractivity contribution in [1.82, 2.24) is 4.90 Å². The van der Waals surface area contributed by atoms with Gasteiger partial charge in [-0.05, 0) is 19.1 Å². The summed E-state index contributed by atoms with van der Waals surface area (Å²) >= 11 is 6.03. The quantitative estimate of drug-likeness (QED) is 0.885. The van der Waals surface area contributed by atoms with Gasteiger partial charge in [-0.15, -0.1) is 0 Å². The van der Waals surface area contributed by atoms with Crippen molar-refractivity contribution in [3.63, 3.8) is 0 Å². The molecule has 2 N–H and O–H groups in total. The van der Waals surface area contributed by atoms with E-state index in [0.29, 0.717) is 30.3 Å². The number of nitrogens with two attached hydrogens (primary N) is 1. The SMILES string of the molecule is C[C@H](N)[C@@H]1CN(C(=O)c2ccccc2Cl)CCO1. The van der Waals surface area contributed by atoms with Crippen LogP contribution in [0.4, 0.5) is 0 Å². The van der Waals surface area contributed by atoms with E-state index in [1.54, 1.807) is 17.0 Å². The summed E-state index contributed by atoms with van der Waals surface area (Å²) in [5.74, 6) is -0.0606. The summed E-state index contributed by atoms with van der Waals surface area (Å²) in [4.78, 5) is 14.1. The number of halogens is 1. The average Bonchev–Trinajstić information content (AvgIpc) is 2.38. The molecule has 1 amide bonds. The zero-order chi connectivity index (χ0) is 13.1. The first-order valence-electron chi connectivity index (χ1n) is 6.00. The van der Waals surface area contributed by atoms with Crippen molar-refractivity contribution in [3.05, 3.63) is 34.9 Å². The standard InChI is InChI=1S/C13H17ClN2O2/c1-9(15)12-8-16(6-7-18-12)13(17)10-4-2-3-5-11(10)14/h2-5,9,12H,6-8,15H2,1H3/t9-,12-/m0/s1. The zero-order valence-corrected chi connectivity index (χ0v) is 11.1. The highest BCUT2D eigenvalue weighted by Crippen LogP contribution is 2.19. The molecule has 4 nitrogen and oxygen atoms in total. The summed E-state index contributed by atoms with van der Waals surface area (Å²) in [7, 11) is 0. The van der Waals surface area contributed by atoms with E-state index in [4.69, 9.17) is 22.1 Å². The van der Waals surface area contributed by atoms with Gasteiger partial charge in [0.05, 0.1) is 23.3 Å². The van der Waals surface area contributed by atoms with Gasteiger partial charge in [-0.2, -0.15) is 0 Å². The molecular formula is C13H17ClN2O2. The van der Waals surface area contributed by atoms with Crippen LogP contribution in [0.15, 0.2) is 24.3 Å². The smallest absolute Gasteiger partial charge is 0.255 e. The van der Waals surface area contributed by atoms with Crippen LogP contribution in [0.3, 0.4) is 0 Å². The van der Waals surface area contributed by atoms with Crippen LogP contribution in [-0.2, 0) is 4.74 Å². The average molecular weight is 269 g/mol. The molecule has 0 unspecified atom stereocenters. The van der Waals surface area contributed by atoms with Crippen molar-refractivity contribution >= 4 is 17.5 Å². The second-order valence-electron chi connectivity index (χ2n) is 4.50. The molecule has 1 aromatic rings. The highest BCUT2D eigenvalue weighted by atomic mass is 35.5. The van der Waals surface area contributed by atoms with Gasteiger partial charge in [-0.3, -0.25) is 4.79 Å².